The number of carbonyl (C=O) groups excluding carboxylic acids is 1. The molecule has 0 saturated carbocycles. The van der Waals surface area contributed by atoms with Gasteiger partial charge in [-0.25, -0.2) is 0 Å². The third-order valence-electron chi connectivity index (χ3n) is 3.90. The van der Waals surface area contributed by atoms with Crippen molar-refractivity contribution < 1.29 is 19.4 Å². The van der Waals surface area contributed by atoms with Crippen LogP contribution in [0.2, 0.25) is 0 Å². The van der Waals surface area contributed by atoms with E-state index in [1.807, 2.05) is 50.1 Å². The van der Waals surface area contributed by atoms with E-state index in [1.165, 1.54) is 0 Å². The molecule has 2 rings (SSSR count). The van der Waals surface area contributed by atoms with E-state index in [0.717, 1.165) is 5.75 Å². The van der Waals surface area contributed by atoms with Crippen molar-refractivity contribution in [2.75, 3.05) is 33.4 Å². The number of amides is 1. The quantitative estimate of drug-likeness (QED) is 0.807. The van der Waals surface area contributed by atoms with E-state index >= 15 is 0 Å². The molecule has 1 aliphatic heterocycles. The lowest BCUT2D eigenvalue weighted by Crippen LogP contribution is -2.50. The first kappa shape index (κ1) is 16.6. The number of aliphatic hydroxyl groups is 1. The molecule has 0 aromatic heterocycles. The monoisotopic (exact) mass is 308 g/mol. The van der Waals surface area contributed by atoms with Crippen LogP contribution in [0.3, 0.4) is 0 Å². The highest BCUT2D eigenvalue weighted by atomic mass is 16.6. The maximum absolute atomic E-state index is 12.0. The van der Waals surface area contributed by atoms with Gasteiger partial charge in [0.2, 0.25) is 5.91 Å². The Morgan fingerprint density at radius 1 is 1.41 bits per heavy atom. The second-order valence-corrected chi connectivity index (χ2v) is 6.13. The minimum atomic E-state index is -0.430. The molecule has 22 heavy (non-hydrogen) atoms. The van der Waals surface area contributed by atoms with Gasteiger partial charge in [0, 0.05) is 5.54 Å². The molecule has 1 heterocycles. The van der Waals surface area contributed by atoms with Crippen LogP contribution in [0, 0.1) is 0 Å². The molecular weight excluding hydrogens is 284 g/mol. The van der Waals surface area contributed by atoms with Crippen LogP contribution in [0.4, 0.5) is 0 Å². The smallest absolute Gasteiger partial charge is 0.234 e. The van der Waals surface area contributed by atoms with Gasteiger partial charge in [0.25, 0.3) is 0 Å². The van der Waals surface area contributed by atoms with Crippen molar-refractivity contribution in [3.05, 3.63) is 24.3 Å². The SMILES string of the molecule is CN(CC(=O)NC[C@H]1COc2ccccc2O1)C(C)(C)CO. The summed E-state index contributed by atoms with van der Waals surface area (Å²) in [6.45, 7) is 4.78. The van der Waals surface area contributed by atoms with Crippen molar-refractivity contribution >= 4 is 5.91 Å². The van der Waals surface area contributed by atoms with Gasteiger partial charge in [-0.05, 0) is 33.0 Å². The molecule has 6 nitrogen and oxygen atoms in total. The van der Waals surface area contributed by atoms with Crippen LogP contribution in [0.25, 0.3) is 0 Å². The number of fused-ring (bicyclic) bond motifs is 1. The van der Waals surface area contributed by atoms with Gasteiger partial charge in [0.15, 0.2) is 11.5 Å². The standard InChI is InChI=1S/C16H24N2O4/c1-16(2,11-19)18(3)9-15(20)17-8-12-10-21-13-6-4-5-7-14(13)22-12/h4-7,12,19H,8-11H2,1-3H3,(H,17,20)/t12-/m0/s1. The molecule has 0 radical (unpaired) electrons. The molecule has 2 N–H and O–H groups in total. The number of nitrogens with one attached hydrogen (secondary N) is 1. The second-order valence-electron chi connectivity index (χ2n) is 6.13. The molecular formula is C16H24N2O4. The summed E-state index contributed by atoms with van der Waals surface area (Å²) < 4.78 is 11.4. The molecule has 0 saturated heterocycles. The fraction of sp³-hybridized carbons (Fsp3) is 0.562. The number of hydrogen-bond acceptors (Lipinski definition) is 5. The first-order valence-corrected chi connectivity index (χ1v) is 7.39. The maximum Gasteiger partial charge on any atom is 0.234 e. The van der Waals surface area contributed by atoms with Crippen LogP contribution >= 0.6 is 0 Å². The minimum Gasteiger partial charge on any atom is -0.486 e. The van der Waals surface area contributed by atoms with Crippen molar-refractivity contribution in [3.8, 4) is 11.5 Å². The second kappa shape index (κ2) is 6.98. The summed E-state index contributed by atoms with van der Waals surface area (Å²) in [4.78, 5) is 13.8. The zero-order valence-corrected chi connectivity index (χ0v) is 13.3. The number of nitrogens with zero attached hydrogens (tertiary/aromatic N) is 1. The number of ether oxygens (including phenoxy) is 2. The van der Waals surface area contributed by atoms with Crippen molar-refractivity contribution in [3.63, 3.8) is 0 Å². The highest BCUT2D eigenvalue weighted by molar-refractivity contribution is 5.78. The zero-order valence-electron chi connectivity index (χ0n) is 13.3. The van der Waals surface area contributed by atoms with Crippen molar-refractivity contribution in [1.82, 2.24) is 10.2 Å². The zero-order chi connectivity index (χ0) is 16.2. The van der Waals surface area contributed by atoms with Crippen molar-refractivity contribution in [2.45, 2.75) is 25.5 Å². The Kier molecular flexibility index (Phi) is 5.26. The largest absolute Gasteiger partial charge is 0.486 e. The van der Waals surface area contributed by atoms with E-state index < -0.39 is 5.54 Å². The molecule has 122 valence electrons. The van der Waals surface area contributed by atoms with Crippen LogP contribution in [0.15, 0.2) is 24.3 Å². The average molecular weight is 308 g/mol. The average Bonchev–Trinajstić information content (AvgIpc) is 2.52. The van der Waals surface area contributed by atoms with Gasteiger partial charge in [-0.15, -0.1) is 0 Å². The minimum absolute atomic E-state index is 0.00681. The predicted octanol–water partition coefficient (Wildman–Crippen LogP) is 0.645. The third-order valence-corrected chi connectivity index (χ3v) is 3.90. The molecule has 0 unspecified atom stereocenters. The fourth-order valence-electron chi connectivity index (χ4n) is 2.00. The molecule has 0 bridgehead atoms. The molecule has 1 aliphatic rings. The van der Waals surface area contributed by atoms with E-state index in [0.29, 0.717) is 18.9 Å². The Hall–Kier alpha value is -1.79. The normalized spacial score (nSPS) is 17.4. The summed E-state index contributed by atoms with van der Waals surface area (Å²) >= 11 is 0. The topological polar surface area (TPSA) is 71.0 Å². The summed E-state index contributed by atoms with van der Waals surface area (Å²) in [5.74, 6) is 1.33. The molecule has 0 aliphatic carbocycles. The maximum atomic E-state index is 12.0. The predicted molar refractivity (Wildman–Crippen MR) is 83.2 cm³/mol. The Balaban J connectivity index is 1.78. The summed E-state index contributed by atoms with van der Waals surface area (Å²) in [5, 5.41) is 12.1. The van der Waals surface area contributed by atoms with E-state index in [4.69, 9.17) is 9.47 Å². The highest BCUT2D eigenvalue weighted by Crippen LogP contribution is 2.30. The molecule has 1 aromatic carbocycles. The van der Waals surface area contributed by atoms with Gasteiger partial charge in [-0.3, -0.25) is 9.69 Å². The van der Waals surface area contributed by atoms with Crippen LogP contribution in [-0.4, -0.2) is 60.9 Å². The summed E-state index contributed by atoms with van der Waals surface area (Å²) in [5.41, 5.74) is -0.430. The van der Waals surface area contributed by atoms with Gasteiger partial charge in [0.1, 0.15) is 12.7 Å². The van der Waals surface area contributed by atoms with E-state index in [1.54, 1.807) is 0 Å². The number of benzene rings is 1. The number of para-hydroxylation sites is 2. The lowest BCUT2D eigenvalue weighted by molar-refractivity contribution is -0.124. The number of rotatable bonds is 6. The number of likely N-dealkylation sites (N-methyl/N-ethyl adjacent to an activating group) is 1. The molecule has 1 amide bonds. The van der Waals surface area contributed by atoms with Crippen LogP contribution in [-0.2, 0) is 4.79 Å². The number of aliphatic hydroxyl groups excluding tert-OH is 1. The van der Waals surface area contributed by atoms with Gasteiger partial charge < -0.3 is 19.9 Å². The Bertz CT molecular complexity index is 519. The van der Waals surface area contributed by atoms with Crippen LogP contribution in [0.5, 0.6) is 11.5 Å². The third kappa shape index (κ3) is 4.11. The van der Waals surface area contributed by atoms with Crippen LogP contribution < -0.4 is 14.8 Å². The lowest BCUT2D eigenvalue weighted by Gasteiger charge is -2.33. The van der Waals surface area contributed by atoms with Gasteiger partial charge in [-0.2, -0.15) is 0 Å². The summed E-state index contributed by atoms with van der Waals surface area (Å²) in [7, 11) is 1.81. The molecule has 1 atom stereocenters. The molecule has 1 aromatic rings. The molecule has 0 spiro atoms. The van der Waals surface area contributed by atoms with Gasteiger partial charge in [0.05, 0.1) is 19.7 Å². The molecule has 6 heteroatoms. The Labute approximate surface area is 131 Å². The lowest BCUT2D eigenvalue weighted by atomic mass is 10.1. The van der Waals surface area contributed by atoms with Gasteiger partial charge >= 0.3 is 0 Å². The highest BCUT2D eigenvalue weighted by Gasteiger charge is 2.25. The first-order valence-electron chi connectivity index (χ1n) is 7.39. The fourth-order valence-corrected chi connectivity index (χ4v) is 2.00. The summed E-state index contributed by atoms with van der Waals surface area (Å²) in [6.07, 6.45) is -0.199. The van der Waals surface area contributed by atoms with Crippen molar-refractivity contribution in [2.24, 2.45) is 0 Å². The molecule has 0 fully saturated rings. The first-order chi connectivity index (χ1) is 10.4. The Morgan fingerprint density at radius 2 is 2.09 bits per heavy atom. The van der Waals surface area contributed by atoms with E-state index in [2.05, 4.69) is 5.32 Å². The summed E-state index contributed by atoms with van der Waals surface area (Å²) in [6, 6.07) is 7.48. The Morgan fingerprint density at radius 3 is 2.77 bits per heavy atom. The van der Waals surface area contributed by atoms with Gasteiger partial charge in [-0.1, -0.05) is 12.1 Å². The van der Waals surface area contributed by atoms with E-state index in [9.17, 15) is 9.90 Å². The van der Waals surface area contributed by atoms with E-state index in [-0.39, 0.29) is 25.2 Å². The van der Waals surface area contributed by atoms with Crippen molar-refractivity contribution in [1.29, 1.82) is 0 Å². The number of hydrogen-bond donors (Lipinski definition) is 2. The van der Waals surface area contributed by atoms with Crippen LogP contribution in [0.1, 0.15) is 13.8 Å². The number of carbonyl (C=O) groups is 1.